The van der Waals surface area contributed by atoms with E-state index in [9.17, 15) is 0 Å². The van der Waals surface area contributed by atoms with Crippen molar-refractivity contribution in [2.24, 2.45) is 0 Å². The maximum Gasteiger partial charge on any atom is 0.0702 e. The van der Waals surface area contributed by atoms with Gasteiger partial charge in [0.1, 0.15) is 0 Å². The summed E-state index contributed by atoms with van der Waals surface area (Å²) in [4.78, 5) is 2.56. The molecule has 3 rings (SSSR count). The van der Waals surface area contributed by atoms with E-state index in [1.807, 2.05) is 0 Å². The molecular weight excluding hydrogens is 236 g/mol. The van der Waals surface area contributed by atoms with Crippen LogP contribution in [0, 0.1) is 0 Å². The van der Waals surface area contributed by atoms with Crippen LogP contribution in [0.4, 0.5) is 0 Å². The summed E-state index contributed by atoms with van der Waals surface area (Å²) in [5.41, 5.74) is 1.45. The van der Waals surface area contributed by atoms with Crippen molar-refractivity contribution in [3.8, 4) is 0 Å². The Kier molecular flexibility index (Phi) is 3.87. The lowest BCUT2D eigenvalue weighted by Crippen LogP contribution is -2.57. The minimum absolute atomic E-state index is 0.0676. The lowest BCUT2D eigenvalue weighted by Gasteiger charge is -2.42. The van der Waals surface area contributed by atoms with Crippen molar-refractivity contribution in [1.82, 2.24) is 10.2 Å². The molecule has 19 heavy (non-hydrogen) atoms. The van der Waals surface area contributed by atoms with Crippen molar-refractivity contribution in [2.45, 2.75) is 31.4 Å². The third-order valence-corrected chi connectivity index (χ3v) is 4.38. The number of ether oxygens (including phenoxy) is 1. The fraction of sp³-hybridized carbons (Fsp3) is 0.625. The molecule has 3 nitrogen and oxygen atoms in total. The van der Waals surface area contributed by atoms with Gasteiger partial charge in [-0.2, -0.15) is 0 Å². The van der Waals surface area contributed by atoms with Gasteiger partial charge in [0, 0.05) is 32.8 Å². The van der Waals surface area contributed by atoms with Crippen molar-refractivity contribution in [3.63, 3.8) is 0 Å². The second kappa shape index (κ2) is 5.61. The molecule has 1 aromatic rings. The van der Waals surface area contributed by atoms with Crippen molar-refractivity contribution in [3.05, 3.63) is 35.9 Å². The molecule has 2 unspecified atom stereocenters. The van der Waals surface area contributed by atoms with Gasteiger partial charge >= 0.3 is 0 Å². The smallest absolute Gasteiger partial charge is 0.0702 e. The van der Waals surface area contributed by atoms with Crippen LogP contribution in [0.5, 0.6) is 0 Å². The molecule has 0 aliphatic carbocycles. The highest BCUT2D eigenvalue weighted by Gasteiger charge is 2.33. The number of benzene rings is 1. The van der Waals surface area contributed by atoms with E-state index in [1.54, 1.807) is 0 Å². The minimum atomic E-state index is 0.0676. The third kappa shape index (κ3) is 2.99. The first kappa shape index (κ1) is 13.1. The third-order valence-electron chi connectivity index (χ3n) is 4.38. The quantitative estimate of drug-likeness (QED) is 0.899. The predicted molar refractivity (Wildman–Crippen MR) is 77.2 cm³/mol. The van der Waals surface area contributed by atoms with Gasteiger partial charge in [-0.05, 0) is 25.3 Å². The van der Waals surface area contributed by atoms with E-state index in [2.05, 4.69) is 47.5 Å². The van der Waals surface area contributed by atoms with Gasteiger partial charge in [-0.3, -0.25) is 4.90 Å². The summed E-state index contributed by atoms with van der Waals surface area (Å²) in [6.07, 6.45) is 2.91. The summed E-state index contributed by atoms with van der Waals surface area (Å²) in [5, 5.41) is 3.68. The van der Waals surface area contributed by atoms with Crippen LogP contribution in [0.3, 0.4) is 0 Å². The number of nitrogens with one attached hydrogen (secondary N) is 1. The Labute approximate surface area is 115 Å². The summed E-state index contributed by atoms with van der Waals surface area (Å²) in [6.45, 7) is 7.60. The minimum Gasteiger partial charge on any atom is -0.377 e. The van der Waals surface area contributed by atoms with E-state index in [4.69, 9.17) is 4.74 Å². The monoisotopic (exact) mass is 260 g/mol. The second-order valence-corrected chi connectivity index (χ2v) is 6.00. The molecule has 0 aromatic heterocycles. The first-order chi connectivity index (χ1) is 9.26. The van der Waals surface area contributed by atoms with Gasteiger partial charge in [-0.25, -0.2) is 0 Å². The molecular formula is C16H24N2O. The Bertz CT molecular complexity index is 402. The molecule has 0 bridgehead atoms. The van der Waals surface area contributed by atoms with E-state index >= 15 is 0 Å². The molecule has 1 aromatic carbocycles. The Balaban J connectivity index is 1.66. The van der Waals surface area contributed by atoms with Gasteiger partial charge < -0.3 is 10.1 Å². The maximum atomic E-state index is 5.77. The summed E-state index contributed by atoms with van der Waals surface area (Å²) >= 11 is 0. The van der Waals surface area contributed by atoms with E-state index in [0.29, 0.717) is 6.10 Å². The highest BCUT2D eigenvalue weighted by molar-refractivity contribution is 5.24. The fourth-order valence-corrected chi connectivity index (χ4v) is 3.30. The van der Waals surface area contributed by atoms with Crippen molar-refractivity contribution in [2.75, 3.05) is 32.8 Å². The van der Waals surface area contributed by atoms with Gasteiger partial charge in [-0.1, -0.05) is 30.3 Å². The van der Waals surface area contributed by atoms with E-state index in [0.717, 1.165) is 32.8 Å². The SMILES string of the molecule is CC1(c2ccccc2)CN(CC2CCCO2)CCN1. The summed E-state index contributed by atoms with van der Waals surface area (Å²) in [5.74, 6) is 0. The second-order valence-electron chi connectivity index (χ2n) is 6.00. The fourth-order valence-electron chi connectivity index (χ4n) is 3.30. The van der Waals surface area contributed by atoms with Gasteiger partial charge in [0.15, 0.2) is 0 Å². The largest absolute Gasteiger partial charge is 0.377 e. The maximum absolute atomic E-state index is 5.77. The normalized spacial score (nSPS) is 32.6. The zero-order valence-corrected chi connectivity index (χ0v) is 11.8. The molecule has 0 spiro atoms. The lowest BCUT2D eigenvalue weighted by atomic mass is 9.89. The average Bonchev–Trinajstić information content (AvgIpc) is 2.93. The zero-order chi connectivity index (χ0) is 13.1. The molecule has 104 valence electrons. The van der Waals surface area contributed by atoms with Gasteiger partial charge in [0.25, 0.3) is 0 Å². The van der Waals surface area contributed by atoms with Gasteiger partial charge in [0.2, 0.25) is 0 Å². The van der Waals surface area contributed by atoms with E-state index in [-0.39, 0.29) is 5.54 Å². The highest BCUT2D eigenvalue weighted by Crippen LogP contribution is 2.25. The average molecular weight is 260 g/mol. The Morgan fingerprint density at radius 2 is 2.21 bits per heavy atom. The van der Waals surface area contributed by atoms with E-state index < -0.39 is 0 Å². The topological polar surface area (TPSA) is 24.5 Å². The lowest BCUT2D eigenvalue weighted by molar-refractivity contribution is 0.0496. The van der Waals surface area contributed by atoms with Crippen LogP contribution < -0.4 is 5.32 Å². The molecule has 2 saturated heterocycles. The molecule has 2 heterocycles. The van der Waals surface area contributed by atoms with E-state index in [1.165, 1.54) is 18.4 Å². The number of hydrogen-bond donors (Lipinski definition) is 1. The molecule has 1 N–H and O–H groups in total. The van der Waals surface area contributed by atoms with Crippen LogP contribution in [-0.2, 0) is 10.3 Å². The summed E-state index contributed by atoms with van der Waals surface area (Å²) in [7, 11) is 0. The Morgan fingerprint density at radius 1 is 1.37 bits per heavy atom. The number of nitrogens with zero attached hydrogens (tertiary/aromatic N) is 1. The van der Waals surface area contributed by atoms with Crippen molar-refractivity contribution < 1.29 is 4.74 Å². The van der Waals surface area contributed by atoms with Gasteiger partial charge in [-0.15, -0.1) is 0 Å². The number of hydrogen-bond acceptors (Lipinski definition) is 3. The number of rotatable bonds is 3. The van der Waals surface area contributed by atoms with Gasteiger partial charge in [0.05, 0.1) is 11.6 Å². The Hall–Kier alpha value is -0.900. The summed E-state index contributed by atoms with van der Waals surface area (Å²) < 4.78 is 5.77. The molecule has 2 aliphatic heterocycles. The van der Waals surface area contributed by atoms with Crippen molar-refractivity contribution in [1.29, 1.82) is 0 Å². The molecule has 0 amide bonds. The van der Waals surface area contributed by atoms with Crippen LogP contribution in [0.1, 0.15) is 25.3 Å². The Morgan fingerprint density at radius 3 is 2.95 bits per heavy atom. The van der Waals surface area contributed by atoms with Crippen LogP contribution >= 0.6 is 0 Å². The van der Waals surface area contributed by atoms with Crippen LogP contribution in [0.25, 0.3) is 0 Å². The molecule has 0 saturated carbocycles. The summed E-state index contributed by atoms with van der Waals surface area (Å²) in [6, 6.07) is 10.8. The molecule has 0 radical (unpaired) electrons. The zero-order valence-electron chi connectivity index (χ0n) is 11.8. The van der Waals surface area contributed by atoms with Crippen LogP contribution in [0.2, 0.25) is 0 Å². The number of piperazine rings is 1. The van der Waals surface area contributed by atoms with Crippen LogP contribution in [-0.4, -0.2) is 43.8 Å². The molecule has 3 heteroatoms. The highest BCUT2D eigenvalue weighted by atomic mass is 16.5. The molecule has 2 aliphatic rings. The standard InChI is InChI=1S/C16H24N2O/c1-16(14-6-3-2-4-7-14)13-18(10-9-17-16)12-15-8-5-11-19-15/h2-4,6-7,15,17H,5,8-13H2,1H3. The predicted octanol–water partition coefficient (Wildman–Crippen LogP) is 1.99. The first-order valence-corrected chi connectivity index (χ1v) is 7.41. The molecule has 2 atom stereocenters. The van der Waals surface area contributed by atoms with Crippen LogP contribution in [0.15, 0.2) is 30.3 Å². The molecule has 2 fully saturated rings. The van der Waals surface area contributed by atoms with Crippen molar-refractivity contribution >= 4 is 0 Å². The first-order valence-electron chi connectivity index (χ1n) is 7.41.